The molecule has 1 nitrogen and oxygen atoms in total. The van der Waals surface area contributed by atoms with Crippen LogP contribution in [0.3, 0.4) is 0 Å². The van der Waals surface area contributed by atoms with E-state index in [0.29, 0.717) is 5.41 Å². The predicted octanol–water partition coefficient (Wildman–Crippen LogP) is 4.50. The highest BCUT2D eigenvalue weighted by atomic mass is 32.2. The second-order valence-electron chi connectivity index (χ2n) is 6.14. The molecule has 0 fully saturated rings. The molecule has 0 amide bonds. The highest BCUT2D eigenvalue weighted by Crippen LogP contribution is 2.29. The Kier molecular flexibility index (Phi) is 4.45. The van der Waals surface area contributed by atoms with E-state index in [9.17, 15) is 0 Å². The van der Waals surface area contributed by atoms with Crippen LogP contribution in [0.25, 0.3) is 0 Å². The summed E-state index contributed by atoms with van der Waals surface area (Å²) in [6.07, 6.45) is 1.15. The smallest absolute Gasteiger partial charge is 0.0234 e. The quantitative estimate of drug-likeness (QED) is 0.774. The van der Waals surface area contributed by atoms with E-state index in [4.69, 9.17) is 0 Å². The molecule has 90 valence electrons. The lowest BCUT2D eigenvalue weighted by molar-refractivity contribution is 0.274. The fourth-order valence-electron chi connectivity index (χ4n) is 2.05. The van der Waals surface area contributed by atoms with E-state index in [1.54, 1.807) is 11.9 Å². The van der Waals surface area contributed by atoms with Crippen molar-refractivity contribution in [1.82, 2.24) is 4.72 Å². The third-order valence-corrected chi connectivity index (χ3v) is 3.32. The second-order valence-corrected chi connectivity index (χ2v) is 7.02. The van der Waals surface area contributed by atoms with E-state index < -0.39 is 0 Å². The molecule has 0 saturated heterocycles. The predicted molar refractivity (Wildman–Crippen MR) is 73.6 cm³/mol. The first kappa shape index (κ1) is 13.6. The van der Waals surface area contributed by atoms with Crippen molar-refractivity contribution >= 4 is 11.9 Å². The highest BCUT2D eigenvalue weighted by Gasteiger charge is 2.25. The normalized spacial score (nSPS) is 12.8. The molecule has 0 spiro atoms. The van der Waals surface area contributed by atoms with E-state index in [-0.39, 0.29) is 5.54 Å². The van der Waals surface area contributed by atoms with E-state index in [0.717, 1.165) is 6.42 Å². The van der Waals surface area contributed by atoms with Gasteiger partial charge in [-0.2, -0.15) is 0 Å². The molecular formula is C14H23NS. The lowest BCUT2D eigenvalue weighted by Crippen LogP contribution is -2.38. The molecule has 1 rings (SSSR count). The standard InChI is InChI=1S/C14H23NS/c1-13(2,3)11-14(4,5)15-16-12-9-7-6-8-10-12/h6-10,15H,11H2,1-5H3. The van der Waals surface area contributed by atoms with E-state index in [1.807, 2.05) is 6.07 Å². The van der Waals surface area contributed by atoms with Crippen molar-refractivity contribution in [3.63, 3.8) is 0 Å². The molecule has 16 heavy (non-hydrogen) atoms. The van der Waals surface area contributed by atoms with Crippen molar-refractivity contribution in [3.8, 4) is 0 Å². The second kappa shape index (κ2) is 5.24. The van der Waals surface area contributed by atoms with Gasteiger partial charge in [-0.05, 0) is 49.8 Å². The lowest BCUT2D eigenvalue weighted by atomic mass is 9.82. The monoisotopic (exact) mass is 237 g/mol. The summed E-state index contributed by atoms with van der Waals surface area (Å²) >= 11 is 1.72. The maximum absolute atomic E-state index is 3.55. The summed E-state index contributed by atoms with van der Waals surface area (Å²) in [6, 6.07) is 10.4. The molecule has 0 aromatic heterocycles. The first-order valence-corrected chi connectivity index (χ1v) is 6.59. The van der Waals surface area contributed by atoms with Gasteiger partial charge < -0.3 is 0 Å². The highest BCUT2D eigenvalue weighted by molar-refractivity contribution is 7.97. The summed E-state index contributed by atoms with van der Waals surface area (Å²) in [4.78, 5) is 1.27. The Morgan fingerprint density at radius 1 is 1.00 bits per heavy atom. The van der Waals surface area contributed by atoms with Crippen LogP contribution in [0, 0.1) is 5.41 Å². The van der Waals surface area contributed by atoms with Gasteiger partial charge >= 0.3 is 0 Å². The van der Waals surface area contributed by atoms with E-state index in [1.165, 1.54) is 4.90 Å². The minimum absolute atomic E-state index is 0.152. The van der Waals surface area contributed by atoms with Crippen molar-refractivity contribution in [3.05, 3.63) is 30.3 Å². The number of benzene rings is 1. The van der Waals surface area contributed by atoms with Gasteiger partial charge in [-0.15, -0.1) is 0 Å². The van der Waals surface area contributed by atoms with Gasteiger partial charge in [0.15, 0.2) is 0 Å². The molecule has 0 aliphatic carbocycles. The summed E-state index contributed by atoms with van der Waals surface area (Å²) in [5.41, 5.74) is 0.506. The van der Waals surface area contributed by atoms with Crippen molar-refractivity contribution in [2.75, 3.05) is 0 Å². The summed E-state index contributed by atoms with van der Waals surface area (Å²) in [5, 5.41) is 0. The zero-order valence-electron chi connectivity index (χ0n) is 11.0. The fourth-order valence-corrected chi connectivity index (χ4v) is 2.81. The topological polar surface area (TPSA) is 12.0 Å². The van der Waals surface area contributed by atoms with Gasteiger partial charge in [-0.1, -0.05) is 39.0 Å². The SMILES string of the molecule is CC(C)(C)CC(C)(C)NSc1ccccc1. The Morgan fingerprint density at radius 3 is 2.06 bits per heavy atom. The van der Waals surface area contributed by atoms with Crippen LogP contribution < -0.4 is 4.72 Å². The van der Waals surface area contributed by atoms with Crippen LogP contribution in [0.15, 0.2) is 35.2 Å². The van der Waals surface area contributed by atoms with Crippen molar-refractivity contribution in [1.29, 1.82) is 0 Å². The Balaban J connectivity index is 2.48. The molecule has 0 aliphatic heterocycles. The summed E-state index contributed by atoms with van der Waals surface area (Å²) in [7, 11) is 0. The Hall–Kier alpha value is -0.470. The summed E-state index contributed by atoms with van der Waals surface area (Å²) in [5.74, 6) is 0. The maximum atomic E-state index is 3.55. The van der Waals surface area contributed by atoms with Gasteiger partial charge in [-0.25, -0.2) is 0 Å². The number of hydrogen-bond donors (Lipinski definition) is 1. The maximum Gasteiger partial charge on any atom is 0.0234 e. The minimum Gasteiger partial charge on any atom is -0.254 e. The average molecular weight is 237 g/mol. The molecule has 0 heterocycles. The van der Waals surface area contributed by atoms with Crippen LogP contribution >= 0.6 is 11.9 Å². The third-order valence-electron chi connectivity index (χ3n) is 2.16. The molecule has 0 saturated carbocycles. The van der Waals surface area contributed by atoms with E-state index >= 15 is 0 Å². The molecule has 0 atom stereocenters. The molecule has 0 bridgehead atoms. The van der Waals surface area contributed by atoms with Crippen molar-refractivity contribution in [2.45, 2.75) is 51.5 Å². The molecule has 1 N–H and O–H groups in total. The van der Waals surface area contributed by atoms with Crippen LogP contribution in [0.2, 0.25) is 0 Å². The minimum atomic E-state index is 0.152. The zero-order valence-corrected chi connectivity index (χ0v) is 11.8. The fraction of sp³-hybridized carbons (Fsp3) is 0.571. The molecule has 0 aliphatic rings. The molecule has 0 radical (unpaired) electrons. The first-order valence-electron chi connectivity index (χ1n) is 5.78. The zero-order chi connectivity index (χ0) is 12.2. The van der Waals surface area contributed by atoms with Crippen LogP contribution in [-0.4, -0.2) is 5.54 Å². The molecular weight excluding hydrogens is 214 g/mol. The van der Waals surface area contributed by atoms with Crippen LogP contribution in [0.4, 0.5) is 0 Å². The van der Waals surface area contributed by atoms with E-state index in [2.05, 4.69) is 63.6 Å². The largest absolute Gasteiger partial charge is 0.254 e. The Bertz CT molecular complexity index is 311. The van der Waals surface area contributed by atoms with Crippen LogP contribution in [-0.2, 0) is 0 Å². The van der Waals surface area contributed by atoms with Crippen molar-refractivity contribution in [2.24, 2.45) is 5.41 Å². The van der Waals surface area contributed by atoms with Gasteiger partial charge in [0.05, 0.1) is 0 Å². The van der Waals surface area contributed by atoms with Gasteiger partial charge in [0.25, 0.3) is 0 Å². The van der Waals surface area contributed by atoms with Gasteiger partial charge in [0, 0.05) is 10.4 Å². The summed E-state index contributed by atoms with van der Waals surface area (Å²) < 4.78 is 3.55. The average Bonchev–Trinajstić information content (AvgIpc) is 2.13. The molecule has 0 unspecified atom stereocenters. The van der Waals surface area contributed by atoms with Gasteiger partial charge in [0.2, 0.25) is 0 Å². The van der Waals surface area contributed by atoms with Gasteiger partial charge in [0.1, 0.15) is 0 Å². The van der Waals surface area contributed by atoms with Crippen molar-refractivity contribution < 1.29 is 0 Å². The number of hydrogen-bond acceptors (Lipinski definition) is 2. The first-order chi connectivity index (χ1) is 7.29. The van der Waals surface area contributed by atoms with Gasteiger partial charge in [-0.3, -0.25) is 4.72 Å². The van der Waals surface area contributed by atoms with Crippen LogP contribution in [0.1, 0.15) is 41.0 Å². The third kappa shape index (κ3) is 5.57. The Morgan fingerprint density at radius 2 is 1.56 bits per heavy atom. The Labute approximate surface area is 104 Å². The molecule has 2 heteroatoms. The molecule has 1 aromatic rings. The summed E-state index contributed by atoms with van der Waals surface area (Å²) in [6.45, 7) is 11.4. The number of rotatable bonds is 4. The lowest BCUT2D eigenvalue weighted by Gasteiger charge is -2.32. The molecule has 1 aromatic carbocycles. The van der Waals surface area contributed by atoms with Crippen LogP contribution in [0.5, 0.6) is 0 Å². The number of nitrogens with one attached hydrogen (secondary N) is 1.